The molecule has 1 N–H and O–H groups in total. The van der Waals surface area contributed by atoms with E-state index >= 15 is 0 Å². The third-order valence-corrected chi connectivity index (χ3v) is 8.82. The summed E-state index contributed by atoms with van der Waals surface area (Å²) in [5.74, 6) is -1.70. The summed E-state index contributed by atoms with van der Waals surface area (Å²) in [6, 6.07) is 16.2. The lowest BCUT2D eigenvalue weighted by atomic mass is 9.95. The molecule has 3 heterocycles. The first kappa shape index (κ1) is 33.1. The van der Waals surface area contributed by atoms with Crippen molar-refractivity contribution in [2.24, 2.45) is 0 Å². The molecule has 0 radical (unpaired) electrons. The van der Waals surface area contributed by atoms with Gasteiger partial charge in [-0.05, 0) is 88.2 Å². The quantitative estimate of drug-likeness (QED) is 0.171. The number of carbonyl (C=O) groups is 2. The number of carbonyl (C=O) groups excluding carboxylic acids is 2. The number of hydrogen-bond acceptors (Lipinski definition) is 11. The van der Waals surface area contributed by atoms with Crippen LogP contribution in [0.3, 0.4) is 0 Å². The molecular weight excluding hydrogens is 600 g/mol. The second-order valence-corrected chi connectivity index (χ2v) is 13.1. The van der Waals surface area contributed by atoms with Crippen LogP contribution in [0, 0.1) is 0 Å². The van der Waals surface area contributed by atoms with Crippen molar-refractivity contribution in [3.8, 4) is 21.9 Å². The fraction of sp³-hybridized carbons (Fsp3) is 0.471. The van der Waals surface area contributed by atoms with Gasteiger partial charge < -0.3 is 38.3 Å². The molecule has 2 aliphatic rings. The summed E-state index contributed by atoms with van der Waals surface area (Å²) in [7, 11) is 3.14. The first-order valence-electron chi connectivity index (χ1n) is 14.8. The van der Waals surface area contributed by atoms with E-state index in [0.717, 1.165) is 10.4 Å². The molecule has 2 aliphatic heterocycles. The molecule has 45 heavy (non-hydrogen) atoms. The van der Waals surface area contributed by atoms with E-state index in [2.05, 4.69) is 0 Å². The molecule has 2 fully saturated rings. The van der Waals surface area contributed by atoms with Crippen molar-refractivity contribution in [2.45, 2.75) is 83.1 Å². The van der Waals surface area contributed by atoms with E-state index < -0.39 is 48.1 Å². The molecule has 0 amide bonds. The maximum absolute atomic E-state index is 13.5. The van der Waals surface area contributed by atoms with E-state index in [4.69, 9.17) is 33.2 Å². The minimum atomic E-state index is -1.41. The van der Waals surface area contributed by atoms with Crippen molar-refractivity contribution >= 4 is 23.1 Å². The lowest BCUT2D eigenvalue weighted by molar-refractivity contribution is -0.281. The molecule has 2 saturated heterocycles. The minimum Gasteiger partial charge on any atom is -0.497 e. The van der Waals surface area contributed by atoms with Gasteiger partial charge in [0.15, 0.2) is 11.6 Å². The molecule has 3 unspecified atom stereocenters. The van der Waals surface area contributed by atoms with Crippen LogP contribution < -0.4 is 9.47 Å². The summed E-state index contributed by atoms with van der Waals surface area (Å²) >= 11 is 1.31. The van der Waals surface area contributed by atoms with Gasteiger partial charge in [0.1, 0.15) is 42.5 Å². The summed E-state index contributed by atoms with van der Waals surface area (Å²) in [6.07, 6.45) is -2.87. The summed E-state index contributed by atoms with van der Waals surface area (Å²) < 4.78 is 40.7. The van der Waals surface area contributed by atoms with Crippen LogP contribution in [0.4, 0.5) is 0 Å². The minimum absolute atomic E-state index is 0.0626. The number of thiophene rings is 1. The average Bonchev–Trinajstić information content (AvgIpc) is 3.57. The number of hydrogen-bond donors (Lipinski definition) is 1. The van der Waals surface area contributed by atoms with E-state index in [1.807, 2.05) is 31.2 Å². The van der Waals surface area contributed by atoms with Crippen LogP contribution in [0.15, 0.2) is 54.6 Å². The van der Waals surface area contributed by atoms with Gasteiger partial charge in [0.2, 0.25) is 5.78 Å². The zero-order valence-electron chi connectivity index (χ0n) is 26.5. The summed E-state index contributed by atoms with van der Waals surface area (Å²) in [5, 5.41) is 10.3. The van der Waals surface area contributed by atoms with Gasteiger partial charge in [-0.3, -0.25) is 9.59 Å². The van der Waals surface area contributed by atoms with Gasteiger partial charge in [-0.15, -0.1) is 11.3 Å². The van der Waals surface area contributed by atoms with Crippen LogP contribution in [-0.2, 0) is 34.9 Å². The van der Waals surface area contributed by atoms with E-state index in [1.54, 1.807) is 72.2 Å². The Labute approximate surface area is 267 Å². The number of fused-ring (bicyclic) bond motifs is 1. The van der Waals surface area contributed by atoms with Gasteiger partial charge in [0.25, 0.3) is 0 Å². The van der Waals surface area contributed by atoms with Gasteiger partial charge in [0, 0.05) is 10.4 Å². The van der Waals surface area contributed by atoms with Crippen molar-refractivity contribution in [1.82, 2.24) is 0 Å². The van der Waals surface area contributed by atoms with Gasteiger partial charge in [-0.25, -0.2) is 0 Å². The number of rotatable bonds is 11. The van der Waals surface area contributed by atoms with Crippen LogP contribution >= 0.6 is 11.3 Å². The first-order chi connectivity index (χ1) is 21.3. The topological polar surface area (TPSA) is 119 Å². The Bertz CT molecular complexity index is 1510. The highest BCUT2D eigenvalue weighted by molar-refractivity contribution is 7.17. The molecule has 0 saturated carbocycles. The number of ketones is 1. The molecule has 5 rings (SSSR count). The van der Waals surface area contributed by atoms with Crippen LogP contribution in [-0.4, -0.2) is 79.8 Å². The zero-order chi connectivity index (χ0) is 32.5. The van der Waals surface area contributed by atoms with Crippen LogP contribution in [0.2, 0.25) is 0 Å². The van der Waals surface area contributed by atoms with E-state index in [-0.39, 0.29) is 18.8 Å². The molecule has 10 nitrogen and oxygen atoms in total. The average molecular weight is 641 g/mol. The second-order valence-electron chi connectivity index (χ2n) is 12.1. The predicted octanol–water partition coefficient (Wildman–Crippen LogP) is 5.17. The zero-order valence-corrected chi connectivity index (χ0v) is 27.3. The third-order valence-electron chi connectivity index (χ3n) is 7.59. The maximum atomic E-state index is 13.5. The molecule has 5 atom stereocenters. The maximum Gasteiger partial charge on any atom is 0.310 e. The van der Waals surface area contributed by atoms with Gasteiger partial charge in [0.05, 0.1) is 31.6 Å². The number of aliphatic hydroxyl groups is 1. The summed E-state index contributed by atoms with van der Waals surface area (Å²) in [5.41, 5.74) is 1.99. The molecule has 0 bridgehead atoms. The Balaban J connectivity index is 1.34. The third kappa shape index (κ3) is 7.74. The normalized spacial score (nSPS) is 24.1. The van der Waals surface area contributed by atoms with Gasteiger partial charge in [-0.2, -0.15) is 0 Å². The van der Waals surface area contributed by atoms with E-state index in [0.29, 0.717) is 27.5 Å². The Hall–Kier alpha value is -3.32. The second kappa shape index (κ2) is 13.2. The van der Waals surface area contributed by atoms with Crippen LogP contribution in [0.1, 0.15) is 55.4 Å². The Morgan fingerprint density at radius 3 is 2.33 bits per heavy atom. The highest BCUT2D eigenvalue weighted by atomic mass is 32.1. The number of benzene rings is 2. The molecule has 3 aromatic rings. The predicted molar refractivity (Wildman–Crippen MR) is 167 cm³/mol. The number of methoxy groups -OCH3 is 2. The standard InChI is InChI=1S/C34H40O10S/c1-19-29(42-33(2,3)37)31-30(43-34(4,5)44-31)25(41-19)18-40-27(35)17-22-16-26(28(36)21-9-8-10-24(15-21)39-7)45-32(22)20-11-13-23(38-6)14-12-20/h8-16,19,25,29-31,37H,17-18H2,1-7H3/t19?,25?,29?,30-,31+/m0/s1. The van der Waals surface area contributed by atoms with Gasteiger partial charge in [-0.1, -0.05) is 12.1 Å². The Morgan fingerprint density at radius 2 is 1.67 bits per heavy atom. The molecule has 0 aliphatic carbocycles. The lowest BCUT2D eigenvalue weighted by Crippen LogP contribution is -2.59. The first-order valence-corrected chi connectivity index (χ1v) is 15.6. The Kier molecular flexibility index (Phi) is 9.69. The van der Waals surface area contributed by atoms with E-state index in [1.165, 1.54) is 11.3 Å². The van der Waals surface area contributed by atoms with Crippen molar-refractivity contribution in [3.05, 3.63) is 70.6 Å². The van der Waals surface area contributed by atoms with Gasteiger partial charge >= 0.3 is 5.97 Å². The van der Waals surface area contributed by atoms with Crippen molar-refractivity contribution in [2.75, 3.05) is 20.8 Å². The van der Waals surface area contributed by atoms with Crippen LogP contribution in [0.25, 0.3) is 10.4 Å². The molecule has 0 spiro atoms. The van der Waals surface area contributed by atoms with Crippen molar-refractivity contribution < 1.29 is 47.9 Å². The SMILES string of the molecule is COc1ccc(-c2sc(C(=O)c3cccc(OC)c3)cc2CC(=O)OCC2OC(C)C(OC(C)(C)O)[C@H]3OC(C)(C)O[C@@H]23)cc1. The molecule has 11 heteroatoms. The molecular formula is C34H40O10S. The fourth-order valence-electron chi connectivity index (χ4n) is 5.63. The summed E-state index contributed by atoms with van der Waals surface area (Å²) in [4.78, 5) is 28.1. The number of ether oxygens (including phenoxy) is 7. The summed E-state index contributed by atoms with van der Waals surface area (Å²) in [6.45, 7) is 8.43. The van der Waals surface area contributed by atoms with Crippen molar-refractivity contribution in [1.29, 1.82) is 0 Å². The molecule has 2 aromatic carbocycles. The highest BCUT2D eigenvalue weighted by Gasteiger charge is 2.55. The Morgan fingerprint density at radius 1 is 0.978 bits per heavy atom. The van der Waals surface area contributed by atoms with Crippen molar-refractivity contribution in [3.63, 3.8) is 0 Å². The smallest absolute Gasteiger partial charge is 0.310 e. The van der Waals surface area contributed by atoms with E-state index in [9.17, 15) is 14.7 Å². The largest absolute Gasteiger partial charge is 0.497 e. The fourth-order valence-corrected chi connectivity index (χ4v) is 6.78. The lowest BCUT2D eigenvalue weighted by Gasteiger charge is -2.42. The molecule has 1 aromatic heterocycles. The highest BCUT2D eigenvalue weighted by Crippen LogP contribution is 2.40. The number of esters is 1. The van der Waals surface area contributed by atoms with Crippen LogP contribution in [0.5, 0.6) is 11.5 Å². The monoisotopic (exact) mass is 640 g/mol. The molecule has 242 valence electrons.